The molecule has 0 saturated carbocycles. The number of hydrogen-bond donors (Lipinski definition) is 2. The van der Waals surface area contributed by atoms with Crippen molar-refractivity contribution in [2.45, 2.75) is 18.6 Å². The Labute approximate surface area is 135 Å². The Bertz CT molecular complexity index is 805. The van der Waals surface area contributed by atoms with Crippen LogP contribution in [0.25, 0.3) is 0 Å². The first-order valence-electron chi connectivity index (χ1n) is 7.19. The van der Waals surface area contributed by atoms with E-state index in [0.29, 0.717) is 5.56 Å². The first-order valence-corrected chi connectivity index (χ1v) is 7.19. The molecule has 0 bridgehead atoms. The molecule has 0 aliphatic carbocycles. The third-order valence-electron chi connectivity index (χ3n) is 3.96. The number of carbonyl (C=O) groups is 2. The summed E-state index contributed by atoms with van der Waals surface area (Å²) in [4.78, 5) is 25.0. The Kier molecular flexibility index (Phi) is 4.06. The van der Waals surface area contributed by atoms with Crippen LogP contribution in [0, 0.1) is 11.6 Å². The largest absolute Gasteiger partial charge is 0.458 e. The van der Waals surface area contributed by atoms with Crippen molar-refractivity contribution < 1.29 is 27.9 Å². The van der Waals surface area contributed by atoms with Crippen molar-refractivity contribution in [3.63, 3.8) is 0 Å². The average molecular weight is 336 g/mol. The second-order valence-electron chi connectivity index (χ2n) is 5.60. The maximum atomic E-state index is 13.5. The molecule has 1 aliphatic rings. The summed E-state index contributed by atoms with van der Waals surface area (Å²) in [6.07, 6.45) is 0.488. The Morgan fingerprint density at radius 2 is 2.00 bits per heavy atom. The van der Waals surface area contributed by atoms with E-state index in [0.717, 1.165) is 18.4 Å². The van der Waals surface area contributed by atoms with Gasteiger partial charge in [0.1, 0.15) is 6.26 Å². The number of benzene rings is 1. The molecule has 2 amide bonds. The van der Waals surface area contributed by atoms with Gasteiger partial charge in [-0.2, -0.15) is 0 Å². The summed E-state index contributed by atoms with van der Waals surface area (Å²) in [5, 5.41) is 9.89. The lowest BCUT2D eigenvalue weighted by atomic mass is 10.0. The zero-order valence-electron chi connectivity index (χ0n) is 12.4. The van der Waals surface area contributed by atoms with Crippen LogP contribution >= 0.6 is 0 Å². The third-order valence-corrected chi connectivity index (χ3v) is 3.96. The minimum Gasteiger partial charge on any atom is -0.458 e. The van der Waals surface area contributed by atoms with Gasteiger partial charge in [0.05, 0.1) is 17.7 Å². The summed E-state index contributed by atoms with van der Waals surface area (Å²) in [7, 11) is 0. The molecule has 1 saturated heterocycles. The highest BCUT2D eigenvalue weighted by molar-refractivity contribution is 5.98. The molecule has 1 aromatic carbocycles. The van der Waals surface area contributed by atoms with Crippen LogP contribution in [0.1, 0.15) is 38.9 Å². The Morgan fingerprint density at radius 3 is 2.62 bits per heavy atom. The number of carbonyl (C=O) groups excluding carboxylic acids is 2. The molecule has 0 spiro atoms. The van der Waals surface area contributed by atoms with E-state index in [1.54, 1.807) is 0 Å². The molecule has 2 aromatic rings. The number of primary amides is 1. The summed E-state index contributed by atoms with van der Waals surface area (Å²) < 4.78 is 31.5. The number of β-amino-alcohol motifs (C(OH)–C–C–N with tert-alkyl or cyclic N) is 1. The monoisotopic (exact) mass is 336 g/mol. The summed E-state index contributed by atoms with van der Waals surface area (Å²) >= 11 is 0. The van der Waals surface area contributed by atoms with Crippen LogP contribution in [0.4, 0.5) is 8.78 Å². The van der Waals surface area contributed by atoms with Crippen LogP contribution in [0.5, 0.6) is 0 Å². The fourth-order valence-corrected chi connectivity index (χ4v) is 2.82. The van der Waals surface area contributed by atoms with E-state index in [9.17, 15) is 23.5 Å². The molecule has 24 heavy (non-hydrogen) atoms. The normalized spacial score (nSPS) is 20.4. The van der Waals surface area contributed by atoms with Gasteiger partial charge in [-0.1, -0.05) is 6.07 Å². The topological polar surface area (TPSA) is 96.8 Å². The van der Waals surface area contributed by atoms with Gasteiger partial charge in [0.2, 0.25) is 0 Å². The Balaban J connectivity index is 1.90. The highest BCUT2D eigenvalue weighted by atomic mass is 19.2. The molecule has 0 radical (unpaired) electrons. The van der Waals surface area contributed by atoms with Gasteiger partial charge < -0.3 is 20.2 Å². The number of halogens is 2. The fraction of sp³-hybridized carbons (Fsp3) is 0.250. The number of aliphatic hydroxyl groups excluding tert-OH is 1. The summed E-state index contributed by atoms with van der Waals surface area (Å²) in [5.41, 5.74) is 5.54. The van der Waals surface area contributed by atoms with E-state index in [-0.39, 0.29) is 24.3 Å². The lowest BCUT2D eigenvalue weighted by molar-refractivity contribution is 0.0714. The average Bonchev–Trinajstić information content (AvgIpc) is 3.16. The predicted octanol–water partition coefficient (Wildman–Crippen LogP) is 1.60. The first-order chi connectivity index (χ1) is 11.4. The van der Waals surface area contributed by atoms with E-state index in [1.807, 2.05) is 0 Å². The second-order valence-corrected chi connectivity index (χ2v) is 5.60. The molecule has 0 unspecified atom stereocenters. The van der Waals surface area contributed by atoms with Crippen molar-refractivity contribution in [3.05, 3.63) is 59.1 Å². The van der Waals surface area contributed by atoms with E-state index in [4.69, 9.17) is 10.2 Å². The number of amides is 2. The smallest absolute Gasteiger partial charge is 0.284 e. The lowest BCUT2D eigenvalue weighted by Crippen LogP contribution is -2.31. The van der Waals surface area contributed by atoms with Crippen molar-refractivity contribution in [2.75, 3.05) is 6.54 Å². The van der Waals surface area contributed by atoms with Gasteiger partial charge in [-0.25, -0.2) is 8.78 Å². The zero-order chi connectivity index (χ0) is 17.4. The van der Waals surface area contributed by atoms with Gasteiger partial charge >= 0.3 is 0 Å². The van der Waals surface area contributed by atoms with Crippen LogP contribution in [0.2, 0.25) is 0 Å². The molecule has 1 fully saturated rings. The number of likely N-dealkylation sites (tertiary alicyclic amines) is 1. The van der Waals surface area contributed by atoms with E-state index in [1.165, 1.54) is 17.0 Å². The van der Waals surface area contributed by atoms with Crippen molar-refractivity contribution in [3.8, 4) is 0 Å². The molecule has 126 valence electrons. The lowest BCUT2D eigenvalue weighted by Gasteiger charge is -2.24. The number of hydrogen-bond acceptors (Lipinski definition) is 4. The number of aliphatic hydroxyl groups is 1. The molecule has 2 heterocycles. The molecule has 3 N–H and O–H groups in total. The minimum absolute atomic E-state index is 0.0274. The highest BCUT2D eigenvalue weighted by Gasteiger charge is 2.36. The van der Waals surface area contributed by atoms with Crippen molar-refractivity contribution in [1.29, 1.82) is 0 Å². The van der Waals surface area contributed by atoms with Gasteiger partial charge in [-0.3, -0.25) is 9.59 Å². The van der Waals surface area contributed by atoms with Crippen LogP contribution in [-0.4, -0.2) is 34.5 Å². The van der Waals surface area contributed by atoms with E-state index < -0.39 is 35.6 Å². The number of nitrogens with zero attached hydrogens (tertiary/aromatic N) is 1. The summed E-state index contributed by atoms with van der Waals surface area (Å²) in [6.45, 7) is 0.0274. The second kappa shape index (κ2) is 6.04. The third kappa shape index (κ3) is 2.88. The van der Waals surface area contributed by atoms with Gasteiger partial charge in [-0.05, 0) is 24.1 Å². The molecule has 6 nitrogen and oxygen atoms in total. The number of furan rings is 1. The van der Waals surface area contributed by atoms with Crippen molar-refractivity contribution in [2.24, 2.45) is 5.73 Å². The Hall–Kier alpha value is -2.74. The number of nitrogens with two attached hydrogens (primary N) is 1. The van der Waals surface area contributed by atoms with Gasteiger partial charge in [0.25, 0.3) is 11.8 Å². The van der Waals surface area contributed by atoms with Gasteiger partial charge in [-0.15, -0.1) is 0 Å². The van der Waals surface area contributed by atoms with Crippen LogP contribution in [0.15, 0.2) is 34.9 Å². The SMILES string of the molecule is NC(=O)c1cc(C(=O)N2C[C@@H](O)C[C@H]2c2ccc(F)c(F)c2)co1. The quantitative estimate of drug-likeness (QED) is 0.890. The fourth-order valence-electron chi connectivity index (χ4n) is 2.82. The molecule has 2 atom stereocenters. The summed E-state index contributed by atoms with van der Waals surface area (Å²) in [6, 6.07) is 3.93. The van der Waals surface area contributed by atoms with Gasteiger partial charge in [0, 0.05) is 12.6 Å². The van der Waals surface area contributed by atoms with Crippen LogP contribution in [-0.2, 0) is 0 Å². The van der Waals surface area contributed by atoms with E-state index >= 15 is 0 Å². The summed E-state index contributed by atoms with van der Waals surface area (Å²) in [5.74, 6) is -3.50. The zero-order valence-corrected chi connectivity index (χ0v) is 12.4. The molecule has 1 aliphatic heterocycles. The van der Waals surface area contributed by atoms with Gasteiger partial charge in [0.15, 0.2) is 17.4 Å². The van der Waals surface area contributed by atoms with Crippen molar-refractivity contribution >= 4 is 11.8 Å². The van der Waals surface area contributed by atoms with Crippen molar-refractivity contribution in [1.82, 2.24) is 4.90 Å². The maximum absolute atomic E-state index is 13.5. The maximum Gasteiger partial charge on any atom is 0.284 e. The van der Waals surface area contributed by atoms with Crippen LogP contribution < -0.4 is 5.73 Å². The molecular weight excluding hydrogens is 322 g/mol. The standard InChI is InChI=1S/C16H14F2N2O4/c17-11-2-1-8(3-12(11)18)13-5-10(21)6-20(13)16(23)9-4-14(15(19)22)24-7-9/h1-4,7,10,13,21H,5-6H2,(H2,19,22)/t10-,13-/m0/s1. The highest BCUT2D eigenvalue weighted by Crippen LogP contribution is 2.34. The number of rotatable bonds is 3. The first kappa shape index (κ1) is 16.1. The molecular formula is C16H14F2N2O4. The molecule has 3 rings (SSSR count). The predicted molar refractivity (Wildman–Crippen MR) is 78.0 cm³/mol. The molecule has 1 aromatic heterocycles. The molecule has 8 heteroatoms. The van der Waals surface area contributed by atoms with E-state index in [2.05, 4.69) is 0 Å². The Morgan fingerprint density at radius 1 is 1.25 bits per heavy atom. The minimum atomic E-state index is -1.03. The van der Waals surface area contributed by atoms with Crippen LogP contribution in [0.3, 0.4) is 0 Å².